The summed E-state index contributed by atoms with van der Waals surface area (Å²) in [6.07, 6.45) is 3.08. The van der Waals surface area contributed by atoms with E-state index in [0.717, 1.165) is 5.56 Å². The molecule has 2 unspecified atom stereocenters. The molecule has 1 aliphatic rings. The quantitative estimate of drug-likeness (QED) is 0.480. The van der Waals surface area contributed by atoms with Gasteiger partial charge in [0.05, 0.1) is 6.33 Å². The number of sulfonamides is 1. The predicted molar refractivity (Wildman–Crippen MR) is 126 cm³/mol. The molecule has 0 amide bonds. The molecule has 1 aromatic carbocycles. The topological polar surface area (TPSA) is 76.5 Å². The van der Waals surface area contributed by atoms with Gasteiger partial charge in [-0.05, 0) is 23.7 Å². The Bertz CT molecular complexity index is 970. The monoisotopic (exact) mass is 464 g/mol. The first-order chi connectivity index (χ1) is 14.4. The predicted octanol–water partition coefficient (Wildman–Crippen LogP) is 3.19. The zero-order chi connectivity index (χ0) is 22.9. The summed E-state index contributed by atoms with van der Waals surface area (Å²) in [5.41, 5.74) is 1.14. The number of nitrogens with zero attached hydrogens (tertiary/aromatic N) is 3. The molecule has 3 rings (SSSR count). The van der Waals surface area contributed by atoms with Gasteiger partial charge in [0.2, 0.25) is 0 Å². The fourth-order valence-electron chi connectivity index (χ4n) is 3.63. The Labute approximate surface area is 188 Å². The average molecular weight is 465 g/mol. The van der Waals surface area contributed by atoms with Crippen LogP contribution in [0.4, 0.5) is 0 Å². The third-order valence-electron chi connectivity index (χ3n) is 6.58. The van der Waals surface area contributed by atoms with E-state index < -0.39 is 18.3 Å². The molecule has 1 aromatic heterocycles. The summed E-state index contributed by atoms with van der Waals surface area (Å²) in [5.74, 6) is 0.0764. The second-order valence-electron chi connectivity index (χ2n) is 9.89. The largest absolute Gasteiger partial charge is 0.416 e. The lowest BCUT2D eigenvalue weighted by Gasteiger charge is -2.36. The molecule has 2 heterocycles. The van der Waals surface area contributed by atoms with Gasteiger partial charge in [0, 0.05) is 51.4 Å². The Balaban J connectivity index is 1.71. The van der Waals surface area contributed by atoms with Crippen LogP contribution in [-0.4, -0.2) is 62.9 Å². The summed E-state index contributed by atoms with van der Waals surface area (Å²) < 4.78 is 35.8. The lowest BCUT2D eigenvalue weighted by Crippen LogP contribution is -2.44. The van der Waals surface area contributed by atoms with Crippen LogP contribution in [0, 0.1) is 0 Å². The van der Waals surface area contributed by atoms with Gasteiger partial charge in [0.15, 0.2) is 13.3 Å². The number of nitrogens with one attached hydrogen (secondary N) is 1. The molecule has 1 N–H and O–H groups in total. The van der Waals surface area contributed by atoms with Crippen LogP contribution in [0.2, 0.25) is 18.1 Å². The summed E-state index contributed by atoms with van der Waals surface area (Å²) >= 11 is 0. The molecule has 0 radical (unpaired) electrons. The maximum absolute atomic E-state index is 13.1. The normalized spacial score (nSPS) is 21.0. The van der Waals surface area contributed by atoms with Crippen LogP contribution in [0.5, 0.6) is 0 Å². The van der Waals surface area contributed by atoms with Crippen molar-refractivity contribution in [3.8, 4) is 0 Å². The first-order valence-electron chi connectivity index (χ1n) is 10.8. The third-order valence-corrected chi connectivity index (χ3v) is 12.8. The first-order valence-corrected chi connectivity index (χ1v) is 15.2. The lowest BCUT2D eigenvalue weighted by molar-refractivity contribution is 0.278. The van der Waals surface area contributed by atoms with Crippen LogP contribution in [0.15, 0.2) is 47.9 Å². The molecule has 31 heavy (non-hydrogen) atoms. The van der Waals surface area contributed by atoms with E-state index in [-0.39, 0.29) is 22.0 Å². The smallest absolute Gasteiger partial charge is 0.262 e. The van der Waals surface area contributed by atoms with E-state index in [9.17, 15) is 8.42 Å². The van der Waals surface area contributed by atoms with Gasteiger partial charge in [-0.1, -0.05) is 51.1 Å². The highest BCUT2D eigenvalue weighted by Gasteiger charge is 2.41. The first kappa shape index (κ1) is 24.1. The number of benzene rings is 1. The number of hydrogen-bond donors (Lipinski definition) is 1. The Morgan fingerprint density at radius 2 is 1.87 bits per heavy atom. The number of aromatic nitrogens is 2. The van der Waals surface area contributed by atoms with Crippen molar-refractivity contribution in [2.45, 2.75) is 55.9 Å². The van der Waals surface area contributed by atoms with Gasteiger partial charge in [-0.15, -0.1) is 0 Å². The minimum atomic E-state index is -3.63. The van der Waals surface area contributed by atoms with E-state index in [1.165, 1.54) is 6.33 Å². The fraction of sp³-hybridized carbons (Fsp3) is 0.591. The van der Waals surface area contributed by atoms with E-state index in [4.69, 9.17) is 4.43 Å². The van der Waals surface area contributed by atoms with Crippen LogP contribution in [0.1, 0.15) is 32.3 Å². The van der Waals surface area contributed by atoms with Gasteiger partial charge in [0.25, 0.3) is 10.0 Å². The second kappa shape index (κ2) is 9.15. The molecule has 1 aliphatic heterocycles. The van der Waals surface area contributed by atoms with Crippen molar-refractivity contribution in [1.29, 1.82) is 0 Å². The van der Waals surface area contributed by atoms with E-state index in [0.29, 0.717) is 26.2 Å². The molecule has 0 spiro atoms. The molecule has 1 fully saturated rings. The van der Waals surface area contributed by atoms with Gasteiger partial charge in [-0.3, -0.25) is 0 Å². The molecule has 0 aliphatic carbocycles. The molecular formula is C22H36N4O3SSi. The van der Waals surface area contributed by atoms with Gasteiger partial charge in [0.1, 0.15) is 0 Å². The molecule has 2 aromatic rings. The van der Waals surface area contributed by atoms with Crippen LogP contribution < -0.4 is 5.32 Å². The Hall–Kier alpha value is -1.52. The maximum atomic E-state index is 13.1. The highest BCUT2D eigenvalue weighted by atomic mass is 32.2. The standard InChI is InChI=1S/C22H36N4O3SSi/c1-22(2,3)31(5,6)29-13-12-23-20-15-26(14-19(20)18-10-8-7-9-11-18)30(27,28)21-16-25(4)17-24-21/h7-11,16-17,19-20,23H,12-15H2,1-6H3. The summed E-state index contributed by atoms with van der Waals surface area (Å²) in [6.45, 7) is 13.4. The summed E-state index contributed by atoms with van der Waals surface area (Å²) in [6, 6.07) is 10.1. The average Bonchev–Trinajstić information content (AvgIpc) is 3.32. The van der Waals surface area contributed by atoms with Crippen LogP contribution in [0.25, 0.3) is 0 Å². The zero-order valence-electron chi connectivity index (χ0n) is 19.5. The van der Waals surface area contributed by atoms with Gasteiger partial charge in [-0.2, -0.15) is 4.31 Å². The van der Waals surface area contributed by atoms with Crippen molar-refractivity contribution >= 4 is 18.3 Å². The molecule has 9 heteroatoms. The number of rotatable bonds is 8. The lowest BCUT2D eigenvalue weighted by atomic mass is 9.94. The van der Waals surface area contributed by atoms with Crippen molar-refractivity contribution in [3.05, 3.63) is 48.4 Å². The molecule has 0 saturated carbocycles. The third kappa shape index (κ3) is 5.46. The minimum absolute atomic E-state index is 0.0175. The van der Waals surface area contributed by atoms with Crippen molar-refractivity contribution in [1.82, 2.24) is 19.2 Å². The van der Waals surface area contributed by atoms with Crippen molar-refractivity contribution in [2.75, 3.05) is 26.2 Å². The number of hydrogen-bond acceptors (Lipinski definition) is 5. The summed E-state index contributed by atoms with van der Waals surface area (Å²) in [5, 5.41) is 3.85. The molecule has 1 saturated heterocycles. The van der Waals surface area contributed by atoms with Crippen molar-refractivity contribution in [2.24, 2.45) is 7.05 Å². The van der Waals surface area contributed by atoms with Gasteiger partial charge < -0.3 is 14.3 Å². The van der Waals surface area contributed by atoms with Crippen LogP contribution in [0.3, 0.4) is 0 Å². The van der Waals surface area contributed by atoms with Crippen LogP contribution >= 0.6 is 0 Å². The molecule has 0 bridgehead atoms. The number of aryl methyl sites for hydroxylation is 1. The van der Waals surface area contributed by atoms with Gasteiger partial charge >= 0.3 is 0 Å². The van der Waals surface area contributed by atoms with Crippen LogP contribution in [-0.2, 0) is 21.5 Å². The van der Waals surface area contributed by atoms with Crippen molar-refractivity contribution in [3.63, 3.8) is 0 Å². The fourth-order valence-corrected chi connectivity index (χ4v) is 6.13. The van der Waals surface area contributed by atoms with E-state index in [1.54, 1.807) is 22.1 Å². The Kier molecular flexibility index (Phi) is 7.12. The number of imidazole rings is 1. The van der Waals surface area contributed by atoms with Crippen molar-refractivity contribution < 1.29 is 12.8 Å². The van der Waals surface area contributed by atoms with E-state index >= 15 is 0 Å². The highest BCUT2D eigenvalue weighted by molar-refractivity contribution is 7.89. The molecule has 7 nitrogen and oxygen atoms in total. The van der Waals surface area contributed by atoms with Gasteiger partial charge in [-0.25, -0.2) is 13.4 Å². The SMILES string of the molecule is Cn1cnc(S(=O)(=O)N2CC(NCCO[Si](C)(C)C(C)(C)C)C(c3ccccc3)C2)c1. The maximum Gasteiger partial charge on any atom is 0.262 e. The Morgan fingerprint density at radius 3 is 2.45 bits per heavy atom. The highest BCUT2D eigenvalue weighted by Crippen LogP contribution is 2.36. The molecule has 172 valence electrons. The summed E-state index contributed by atoms with van der Waals surface area (Å²) in [7, 11) is -3.66. The Morgan fingerprint density at radius 1 is 1.19 bits per heavy atom. The van der Waals surface area contributed by atoms with E-state index in [1.807, 2.05) is 18.2 Å². The second-order valence-corrected chi connectivity index (χ2v) is 16.6. The zero-order valence-corrected chi connectivity index (χ0v) is 21.3. The summed E-state index contributed by atoms with van der Waals surface area (Å²) in [4.78, 5) is 4.08. The molecule has 2 atom stereocenters. The minimum Gasteiger partial charge on any atom is -0.416 e. The molecular weight excluding hydrogens is 428 g/mol. The van der Waals surface area contributed by atoms with E-state index in [2.05, 4.69) is 56.3 Å².